The van der Waals surface area contributed by atoms with Crippen molar-refractivity contribution < 1.29 is 57.6 Å². The smallest absolute Gasteiger partial charge is 0.267 e. The van der Waals surface area contributed by atoms with E-state index in [0.717, 1.165) is 99.0 Å². The molecule has 0 bridgehead atoms. The number of nitrogens with two attached hydrogens (primary N) is 4. The highest BCUT2D eigenvalue weighted by atomic mass is 16.5. The van der Waals surface area contributed by atoms with Crippen LogP contribution in [0.3, 0.4) is 0 Å². The van der Waals surface area contributed by atoms with Crippen LogP contribution in [0.5, 0.6) is 0 Å². The minimum Gasteiger partial charge on any atom is -0.400 e. The predicted octanol–water partition coefficient (Wildman–Crippen LogP) is 14.6. The van der Waals surface area contributed by atoms with Gasteiger partial charge in [0.1, 0.15) is 22.8 Å². The van der Waals surface area contributed by atoms with Gasteiger partial charge in [0.2, 0.25) is 0 Å². The molecule has 5 aromatic carbocycles. The molecular formula is C86H112N8O12. The molecule has 0 aliphatic heterocycles. The third-order valence-corrected chi connectivity index (χ3v) is 15.8. The number of ketones is 3. The quantitative estimate of drug-likeness (QED) is 0.109. The molecule has 14 rings (SSSR count). The van der Waals surface area contributed by atoms with E-state index in [2.05, 4.69) is 101 Å². The fraction of sp³-hybridized carbons (Fsp3) is 0.337. The molecule has 2 atom stereocenters. The van der Waals surface area contributed by atoms with Gasteiger partial charge in [-0.15, -0.1) is 0 Å². The zero-order valence-electron chi connectivity index (χ0n) is 64.0. The summed E-state index contributed by atoms with van der Waals surface area (Å²) < 4.78 is 17.0. The number of aromatic nitrogens is 4. The summed E-state index contributed by atoms with van der Waals surface area (Å²) in [5.41, 5.74) is 34.8. The topological polar surface area (TPSA) is 332 Å². The SMILES string of the molecule is CC1CCCc2ccccc21.CC1CCCc2ccccc21.CO.COC.COC.COC.COC.Cc1ccc(C(N)=O)nc1.NC(=O)c1ccccn1.NC(=O)c1ccccn1.NC(=O)c1ccccn1.O=C1CCCc2ccccc21.O=C1CCCc2ccccc21.O=C1CCCc2ccccc21. The molecule has 106 heavy (non-hydrogen) atoms. The number of ether oxygens (including phenoxy) is 4. The van der Waals surface area contributed by atoms with Crippen LogP contribution < -0.4 is 22.9 Å². The van der Waals surface area contributed by atoms with Crippen molar-refractivity contribution in [1.29, 1.82) is 0 Å². The second kappa shape index (κ2) is 57.8. The zero-order chi connectivity index (χ0) is 78.9. The van der Waals surface area contributed by atoms with Gasteiger partial charge in [0.15, 0.2) is 17.3 Å². The van der Waals surface area contributed by atoms with Gasteiger partial charge in [-0.05, 0) is 183 Å². The number of aliphatic hydroxyl groups is 1. The normalized spacial score (nSPS) is 13.7. The van der Waals surface area contributed by atoms with Crippen LogP contribution in [0, 0.1) is 6.92 Å². The molecule has 5 aliphatic carbocycles. The molecule has 4 amide bonds. The van der Waals surface area contributed by atoms with E-state index < -0.39 is 23.6 Å². The number of benzene rings is 5. The molecular weight excluding hydrogens is 1340 g/mol. The molecule has 5 aliphatic rings. The number of hydrogen-bond donors (Lipinski definition) is 5. The van der Waals surface area contributed by atoms with Gasteiger partial charge in [-0.25, -0.2) is 0 Å². The first-order valence-electron chi connectivity index (χ1n) is 35.1. The summed E-state index contributed by atoms with van der Waals surface area (Å²) in [4.78, 5) is 90.3. The largest absolute Gasteiger partial charge is 0.400 e. The number of amides is 4. The zero-order valence-corrected chi connectivity index (χ0v) is 64.0. The number of primary amides is 4. The Labute approximate surface area is 628 Å². The Morgan fingerprint density at radius 1 is 0.330 bits per heavy atom. The number of hydrogen-bond acceptors (Lipinski definition) is 16. The van der Waals surface area contributed by atoms with Crippen molar-refractivity contribution in [3.05, 3.63) is 297 Å². The molecule has 0 spiro atoms. The van der Waals surface area contributed by atoms with Crippen molar-refractivity contribution in [2.24, 2.45) is 22.9 Å². The van der Waals surface area contributed by atoms with Crippen molar-refractivity contribution in [1.82, 2.24) is 19.9 Å². The van der Waals surface area contributed by atoms with E-state index in [-0.39, 0.29) is 0 Å². The molecule has 568 valence electrons. The third kappa shape index (κ3) is 38.2. The maximum atomic E-state index is 11.3. The molecule has 9 N–H and O–H groups in total. The molecule has 2 unspecified atom stereocenters. The highest BCUT2D eigenvalue weighted by Gasteiger charge is 2.19. The minimum absolute atomic E-state index is 0.303. The highest BCUT2D eigenvalue weighted by Crippen LogP contribution is 2.32. The average molecular weight is 1450 g/mol. The average Bonchev–Trinajstić information content (AvgIpc) is 0.866. The van der Waals surface area contributed by atoms with Crippen LogP contribution in [0.4, 0.5) is 0 Å². The molecule has 0 radical (unpaired) electrons. The monoisotopic (exact) mass is 1450 g/mol. The molecule has 4 aromatic heterocycles. The number of methoxy groups -OCH3 is 4. The van der Waals surface area contributed by atoms with Gasteiger partial charge in [-0.2, -0.15) is 0 Å². The van der Waals surface area contributed by atoms with Crippen molar-refractivity contribution in [3.8, 4) is 0 Å². The van der Waals surface area contributed by atoms with Gasteiger partial charge < -0.3 is 47.0 Å². The number of fused-ring (bicyclic) bond motifs is 5. The van der Waals surface area contributed by atoms with E-state index in [1.165, 1.54) is 73.8 Å². The van der Waals surface area contributed by atoms with Gasteiger partial charge in [-0.3, -0.25) is 53.5 Å². The van der Waals surface area contributed by atoms with E-state index in [0.29, 0.717) is 40.1 Å². The first-order chi connectivity index (χ1) is 51.2. The summed E-state index contributed by atoms with van der Waals surface area (Å²) in [6.07, 6.45) is 22.8. The van der Waals surface area contributed by atoms with Crippen LogP contribution in [-0.2, 0) is 51.1 Å². The summed E-state index contributed by atoms with van der Waals surface area (Å²) in [5, 5.41) is 7.00. The lowest BCUT2D eigenvalue weighted by atomic mass is 9.84. The lowest BCUT2D eigenvalue weighted by Crippen LogP contribution is -2.12. The minimum atomic E-state index is -0.490. The van der Waals surface area contributed by atoms with Crippen molar-refractivity contribution in [2.75, 3.05) is 64.0 Å². The van der Waals surface area contributed by atoms with Gasteiger partial charge >= 0.3 is 0 Å². The highest BCUT2D eigenvalue weighted by molar-refractivity contribution is 5.99. The molecule has 9 aromatic rings. The van der Waals surface area contributed by atoms with Crippen LogP contribution in [0.1, 0.15) is 207 Å². The molecule has 0 fully saturated rings. The Hall–Kier alpha value is -10.6. The Balaban J connectivity index is 0.000000584. The number of nitrogens with zero attached hydrogens (tertiary/aromatic N) is 4. The van der Waals surface area contributed by atoms with Crippen LogP contribution in [0.25, 0.3) is 0 Å². The summed E-state index contributed by atoms with van der Waals surface area (Å²) in [6, 6.07) is 59.9. The maximum Gasteiger partial charge on any atom is 0.267 e. The predicted molar refractivity (Wildman–Crippen MR) is 422 cm³/mol. The molecule has 20 heteroatoms. The molecule has 0 saturated carbocycles. The Kier molecular flexibility index (Phi) is 50.9. The van der Waals surface area contributed by atoms with Crippen LogP contribution >= 0.6 is 0 Å². The number of aryl methyl sites for hydroxylation is 6. The van der Waals surface area contributed by atoms with E-state index in [1.807, 2.05) is 79.7 Å². The Bertz CT molecular complexity index is 3590. The first kappa shape index (κ1) is 93.4. The summed E-state index contributed by atoms with van der Waals surface area (Å²) in [7, 11) is 14.0. The van der Waals surface area contributed by atoms with Crippen LogP contribution in [0.15, 0.2) is 213 Å². The van der Waals surface area contributed by atoms with E-state index in [9.17, 15) is 33.6 Å². The summed E-state index contributed by atoms with van der Waals surface area (Å²) in [5.74, 6) is 0.562. The van der Waals surface area contributed by atoms with E-state index >= 15 is 0 Å². The summed E-state index contributed by atoms with van der Waals surface area (Å²) in [6.45, 7) is 6.56. The Morgan fingerprint density at radius 2 is 0.575 bits per heavy atom. The van der Waals surface area contributed by atoms with E-state index in [1.54, 1.807) is 152 Å². The van der Waals surface area contributed by atoms with E-state index in [4.69, 9.17) is 28.0 Å². The lowest BCUT2D eigenvalue weighted by molar-refractivity contribution is 0.0964. The fourth-order valence-corrected chi connectivity index (χ4v) is 10.9. The number of rotatable bonds is 4. The molecule has 20 nitrogen and oxygen atoms in total. The summed E-state index contributed by atoms with van der Waals surface area (Å²) >= 11 is 0. The van der Waals surface area contributed by atoms with Gasteiger partial charge in [0, 0.05) is 125 Å². The standard InChI is InChI=1S/2C11H14.3C10H10O.C7H8N2O.3C6H6N2O.4C2H6O.CH4O/c2*1-9-5-4-7-10-6-2-3-8-11(9)10;3*11-10-7-3-5-8-4-1-2-6-9(8)10;1-5-2-3-6(7(8)10)9-4-5;3*7-6(9)5-3-1-2-4-8-5;4*1-3-2;1-2/h2*2-3,6,8-9H,4-5,7H2,1H3;3*1-2,4,6H,3,5,7H2;2-4H,1H3,(H2,8,10);3*1-4H,(H2,7,9);4*1-2H3;2H,1H3. The third-order valence-electron chi connectivity index (χ3n) is 15.8. The fourth-order valence-electron chi connectivity index (χ4n) is 10.9. The second-order valence-electron chi connectivity index (χ2n) is 24.2. The van der Waals surface area contributed by atoms with Crippen molar-refractivity contribution in [2.45, 2.75) is 129 Å². The number of Topliss-reactive ketones (excluding diaryl/α,β-unsaturated/α-hetero) is 3. The van der Waals surface area contributed by atoms with Crippen LogP contribution in [-0.4, -0.2) is 130 Å². The molecule has 0 saturated heterocycles. The maximum absolute atomic E-state index is 11.3. The number of carbonyl (C=O) groups is 7. The number of carbonyl (C=O) groups excluding carboxylic acids is 7. The number of pyridine rings is 4. The van der Waals surface area contributed by atoms with Gasteiger partial charge in [0.05, 0.1) is 0 Å². The number of aliphatic hydroxyl groups excluding tert-OH is 1. The first-order valence-corrected chi connectivity index (χ1v) is 35.1. The van der Waals surface area contributed by atoms with Crippen molar-refractivity contribution in [3.63, 3.8) is 0 Å². The van der Waals surface area contributed by atoms with Crippen LogP contribution in [0.2, 0.25) is 0 Å². The van der Waals surface area contributed by atoms with Crippen molar-refractivity contribution >= 4 is 41.0 Å². The van der Waals surface area contributed by atoms with Gasteiger partial charge in [-0.1, -0.05) is 159 Å². The van der Waals surface area contributed by atoms with Gasteiger partial charge in [0.25, 0.3) is 23.6 Å². The lowest BCUT2D eigenvalue weighted by Gasteiger charge is -2.21. The molecule has 4 heterocycles. The second-order valence-corrected chi connectivity index (χ2v) is 24.2. The Morgan fingerprint density at radius 3 is 0.802 bits per heavy atom.